The van der Waals surface area contributed by atoms with Crippen LogP contribution in [0.3, 0.4) is 0 Å². The van der Waals surface area contributed by atoms with Crippen molar-refractivity contribution in [3.63, 3.8) is 0 Å². The van der Waals surface area contributed by atoms with E-state index in [1.54, 1.807) is 13.1 Å². The minimum atomic E-state index is -0.495. The Labute approximate surface area is 201 Å². The van der Waals surface area contributed by atoms with Gasteiger partial charge < -0.3 is 0 Å². The molecule has 3 aromatic rings. The van der Waals surface area contributed by atoms with Crippen molar-refractivity contribution in [1.82, 2.24) is 4.90 Å². The molecule has 1 aromatic heterocycles. The van der Waals surface area contributed by atoms with Crippen LogP contribution in [0.5, 0.6) is 0 Å². The number of likely N-dealkylation sites (N-methyl/N-ethyl adjacent to an activating group) is 1. The summed E-state index contributed by atoms with van der Waals surface area (Å²) in [5.41, 5.74) is 4.67. The molecule has 0 N–H and O–H groups in total. The molecular weight excluding hydrogens is 532 g/mol. The number of hydrogen-bond donors (Lipinski definition) is 0. The second-order valence-electron chi connectivity index (χ2n) is 8.30. The standard InChI is InChI=1S/C25H20N3O2Se2/c1-25(2)18-11-7-8-12-20(18)28(15-9-5-4-6-10-15)23-19(25)14-16(32-23)13-17-21(29)26-24(31)27(3)22(17)30/h4-14H,1-3H3/b17-13+. The molecule has 2 aromatic carbocycles. The monoisotopic (exact) mass is 554 g/mol. The Hall–Kier alpha value is -2.69. The van der Waals surface area contributed by atoms with E-state index in [1.807, 2.05) is 18.2 Å². The molecule has 1 radical (unpaired) electrons. The Morgan fingerprint density at radius 1 is 1.00 bits per heavy atom. The van der Waals surface area contributed by atoms with Crippen LogP contribution in [-0.4, -0.2) is 59.0 Å². The molecule has 0 fully saturated rings. The number of hydrogen-bond acceptors (Lipinski definition) is 3. The SMILES string of the molecule is CN1C(=O)/C(=C/c2cc3c([se]2)N(c2ccccc2)c2ccccc2C3(C)C)C(=O)N=C1[Se]. The molecular formula is C25H20N3O2Se2. The number of para-hydroxylation sites is 2. The van der Waals surface area contributed by atoms with Crippen molar-refractivity contribution in [2.45, 2.75) is 19.3 Å². The zero-order chi connectivity index (χ0) is 22.6. The molecule has 2 aliphatic rings. The van der Waals surface area contributed by atoms with Crippen molar-refractivity contribution < 1.29 is 9.59 Å². The molecule has 5 nitrogen and oxygen atoms in total. The number of nitrogens with zero attached hydrogens (tertiary/aromatic N) is 3. The van der Waals surface area contributed by atoms with Gasteiger partial charge in [-0.2, -0.15) is 0 Å². The van der Waals surface area contributed by atoms with Gasteiger partial charge in [-0.25, -0.2) is 0 Å². The van der Waals surface area contributed by atoms with Gasteiger partial charge in [0, 0.05) is 0 Å². The molecule has 0 aliphatic carbocycles. The van der Waals surface area contributed by atoms with E-state index >= 15 is 0 Å². The van der Waals surface area contributed by atoms with Gasteiger partial charge in [0.1, 0.15) is 0 Å². The topological polar surface area (TPSA) is 53.0 Å². The number of fused-ring (bicyclic) bond motifs is 2. The molecule has 3 heterocycles. The maximum atomic E-state index is 12.7. The Balaban J connectivity index is 1.70. The van der Waals surface area contributed by atoms with Crippen molar-refractivity contribution in [2.24, 2.45) is 4.99 Å². The van der Waals surface area contributed by atoms with Crippen LogP contribution in [0.1, 0.15) is 29.4 Å². The van der Waals surface area contributed by atoms with E-state index in [-0.39, 0.29) is 31.4 Å². The molecule has 5 rings (SSSR count). The maximum absolute atomic E-state index is 12.7. The van der Waals surface area contributed by atoms with E-state index in [0.717, 1.165) is 10.1 Å². The summed E-state index contributed by atoms with van der Waals surface area (Å²) >= 11 is 2.59. The van der Waals surface area contributed by atoms with Crippen LogP contribution in [0, 0.1) is 0 Å². The van der Waals surface area contributed by atoms with Crippen LogP contribution < -0.4 is 4.90 Å². The van der Waals surface area contributed by atoms with Gasteiger partial charge in [0.25, 0.3) is 0 Å². The van der Waals surface area contributed by atoms with Crippen molar-refractivity contribution in [3.8, 4) is 0 Å². The first-order chi connectivity index (χ1) is 15.3. The second kappa shape index (κ2) is 7.72. The summed E-state index contributed by atoms with van der Waals surface area (Å²) in [6.45, 7) is 4.47. The summed E-state index contributed by atoms with van der Waals surface area (Å²) in [4.78, 5) is 32.9. The van der Waals surface area contributed by atoms with Crippen molar-refractivity contribution in [2.75, 3.05) is 11.9 Å². The molecule has 0 saturated heterocycles. The van der Waals surface area contributed by atoms with E-state index in [2.05, 4.69) is 82.2 Å². The first-order valence-electron chi connectivity index (χ1n) is 10.2. The molecule has 0 unspecified atom stereocenters. The Morgan fingerprint density at radius 2 is 1.69 bits per heavy atom. The summed E-state index contributed by atoms with van der Waals surface area (Å²) in [6, 6.07) is 21.0. The molecule has 0 atom stereocenters. The number of amidine groups is 1. The van der Waals surface area contributed by atoms with Crippen molar-refractivity contribution in [3.05, 3.63) is 81.8 Å². The number of anilines is 3. The van der Waals surface area contributed by atoms with Crippen molar-refractivity contribution >= 4 is 69.1 Å². The Kier molecular flexibility index (Phi) is 5.10. The predicted octanol–water partition coefficient (Wildman–Crippen LogP) is 3.76. The molecule has 159 valence electrons. The van der Waals surface area contributed by atoms with Crippen LogP contribution in [0.25, 0.3) is 6.08 Å². The fraction of sp³-hybridized carbons (Fsp3) is 0.160. The molecule has 0 saturated carbocycles. The van der Waals surface area contributed by atoms with Gasteiger partial charge in [0.05, 0.1) is 0 Å². The molecule has 0 spiro atoms. The first-order valence-corrected chi connectivity index (χ1v) is 12.7. The zero-order valence-electron chi connectivity index (χ0n) is 17.8. The number of rotatable bonds is 2. The zero-order valence-corrected chi connectivity index (χ0v) is 21.3. The molecule has 7 heteroatoms. The second-order valence-corrected chi connectivity index (χ2v) is 11.3. The quantitative estimate of drug-likeness (QED) is 0.277. The van der Waals surface area contributed by atoms with E-state index in [4.69, 9.17) is 0 Å². The number of carbonyl (C=O) groups is 2. The number of carbonyl (C=O) groups excluding carboxylic acids is 2. The van der Waals surface area contributed by atoms with Gasteiger partial charge in [-0.3, -0.25) is 0 Å². The summed E-state index contributed by atoms with van der Waals surface area (Å²) < 4.78 is 2.52. The van der Waals surface area contributed by atoms with Gasteiger partial charge in [-0.1, -0.05) is 0 Å². The van der Waals surface area contributed by atoms with Crippen LogP contribution in [0.2, 0.25) is 0 Å². The third-order valence-electron chi connectivity index (χ3n) is 5.98. The molecule has 0 bridgehead atoms. The third kappa shape index (κ3) is 3.25. The van der Waals surface area contributed by atoms with Crippen LogP contribution in [0.15, 0.2) is 71.2 Å². The Morgan fingerprint density at radius 3 is 2.44 bits per heavy atom. The predicted molar refractivity (Wildman–Crippen MR) is 129 cm³/mol. The average Bonchev–Trinajstić information content (AvgIpc) is 3.21. The average molecular weight is 552 g/mol. The minimum absolute atomic E-state index is 0.0789. The van der Waals surface area contributed by atoms with E-state index in [0.29, 0.717) is 4.73 Å². The Bertz CT molecular complexity index is 1320. The van der Waals surface area contributed by atoms with Gasteiger partial charge in [0.2, 0.25) is 0 Å². The van der Waals surface area contributed by atoms with E-state index < -0.39 is 5.91 Å². The van der Waals surface area contributed by atoms with Gasteiger partial charge in [-0.05, 0) is 0 Å². The molecule has 2 aliphatic heterocycles. The van der Waals surface area contributed by atoms with Crippen LogP contribution in [-0.2, 0) is 15.0 Å². The number of aliphatic imine (C=N–C) groups is 1. The fourth-order valence-electron chi connectivity index (χ4n) is 4.22. The van der Waals surface area contributed by atoms with Crippen molar-refractivity contribution in [1.29, 1.82) is 0 Å². The third-order valence-corrected chi connectivity index (χ3v) is 8.98. The van der Waals surface area contributed by atoms with E-state index in [9.17, 15) is 9.59 Å². The fourth-order valence-corrected chi connectivity index (χ4v) is 7.28. The first kappa shape index (κ1) is 21.2. The van der Waals surface area contributed by atoms with E-state index in [1.165, 1.54) is 26.3 Å². The van der Waals surface area contributed by atoms with Gasteiger partial charge in [0.15, 0.2) is 0 Å². The molecule has 32 heavy (non-hydrogen) atoms. The van der Waals surface area contributed by atoms with Gasteiger partial charge in [-0.15, -0.1) is 0 Å². The van der Waals surface area contributed by atoms with Crippen LogP contribution >= 0.6 is 0 Å². The number of benzene rings is 2. The molecule has 2 amide bonds. The van der Waals surface area contributed by atoms with Gasteiger partial charge >= 0.3 is 202 Å². The summed E-state index contributed by atoms with van der Waals surface area (Å²) in [5.74, 6) is -0.825. The summed E-state index contributed by atoms with van der Waals surface area (Å²) in [7, 11) is 1.62. The summed E-state index contributed by atoms with van der Waals surface area (Å²) in [5, 5.41) is 0. The normalized spacial score (nSPS) is 18.5. The summed E-state index contributed by atoms with van der Waals surface area (Å²) in [6.07, 6.45) is 1.74. The number of amides is 2. The van der Waals surface area contributed by atoms with Crippen LogP contribution in [0.4, 0.5) is 15.9 Å².